The lowest BCUT2D eigenvalue weighted by Crippen LogP contribution is -2.29. The van der Waals surface area contributed by atoms with Crippen LogP contribution in [0.4, 0.5) is 5.69 Å². The molecule has 0 bridgehead atoms. The summed E-state index contributed by atoms with van der Waals surface area (Å²) in [7, 11) is 0. The molecule has 7 heteroatoms. The quantitative estimate of drug-likeness (QED) is 0.608. The fourth-order valence-electron chi connectivity index (χ4n) is 2.50. The molecule has 5 nitrogen and oxygen atoms in total. The molecule has 0 fully saturated rings. The fourth-order valence-corrected chi connectivity index (χ4v) is 3.64. The van der Waals surface area contributed by atoms with Crippen LogP contribution in [0.3, 0.4) is 0 Å². The van der Waals surface area contributed by atoms with Crippen molar-refractivity contribution in [2.45, 2.75) is 19.9 Å². The van der Waals surface area contributed by atoms with Gasteiger partial charge in [-0.1, -0.05) is 34.1 Å². The Balaban J connectivity index is 2.12. The topological polar surface area (TPSA) is 64.0 Å². The van der Waals surface area contributed by atoms with Crippen molar-refractivity contribution in [1.29, 1.82) is 0 Å². The molecular weight excluding hydrogens is 450 g/mol. The highest BCUT2D eigenvalue weighted by Crippen LogP contribution is 2.27. The standard InChI is InChI=1S/C18H15Br2N3O2/c1-10(2)23-18(25)13-6-4-3-5-12(13)16(22-23)17(24)21-15-8-7-11(19)9-14(15)20/h3-10H,1-2H3,(H,21,24). The van der Waals surface area contributed by atoms with Crippen LogP contribution in [0.5, 0.6) is 0 Å². The van der Waals surface area contributed by atoms with Gasteiger partial charge in [0.25, 0.3) is 11.5 Å². The van der Waals surface area contributed by atoms with E-state index in [0.29, 0.717) is 16.5 Å². The molecule has 0 saturated carbocycles. The van der Waals surface area contributed by atoms with E-state index in [1.165, 1.54) is 4.68 Å². The zero-order valence-electron chi connectivity index (χ0n) is 13.6. The number of amides is 1. The molecule has 0 spiro atoms. The summed E-state index contributed by atoms with van der Waals surface area (Å²) in [6.45, 7) is 3.71. The summed E-state index contributed by atoms with van der Waals surface area (Å²) in [4.78, 5) is 25.4. The number of aromatic nitrogens is 2. The van der Waals surface area contributed by atoms with Gasteiger partial charge in [-0.05, 0) is 54.0 Å². The molecule has 1 aromatic heterocycles. The van der Waals surface area contributed by atoms with Gasteiger partial charge >= 0.3 is 0 Å². The van der Waals surface area contributed by atoms with Gasteiger partial charge in [-0.2, -0.15) is 5.10 Å². The largest absolute Gasteiger partial charge is 0.320 e. The van der Waals surface area contributed by atoms with Gasteiger partial charge in [-0.25, -0.2) is 4.68 Å². The van der Waals surface area contributed by atoms with E-state index in [2.05, 4.69) is 42.3 Å². The van der Waals surface area contributed by atoms with Crippen molar-refractivity contribution in [2.75, 3.05) is 5.32 Å². The number of rotatable bonds is 3. The monoisotopic (exact) mass is 463 g/mol. The van der Waals surface area contributed by atoms with Crippen molar-refractivity contribution in [3.63, 3.8) is 0 Å². The smallest absolute Gasteiger partial charge is 0.276 e. The molecule has 0 radical (unpaired) electrons. The number of hydrogen-bond acceptors (Lipinski definition) is 3. The lowest BCUT2D eigenvalue weighted by Gasteiger charge is -2.14. The van der Waals surface area contributed by atoms with E-state index < -0.39 is 0 Å². The predicted octanol–water partition coefficient (Wildman–Crippen LogP) is 4.75. The zero-order chi connectivity index (χ0) is 18.1. The van der Waals surface area contributed by atoms with Crippen molar-refractivity contribution < 1.29 is 4.79 Å². The predicted molar refractivity (Wildman–Crippen MR) is 106 cm³/mol. The second kappa shape index (κ2) is 7.09. The first-order valence-electron chi connectivity index (χ1n) is 7.66. The highest BCUT2D eigenvalue weighted by Gasteiger charge is 2.18. The van der Waals surface area contributed by atoms with E-state index in [-0.39, 0.29) is 23.2 Å². The molecule has 25 heavy (non-hydrogen) atoms. The van der Waals surface area contributed by atoms with Crippen LogP contribution >= 0.6 is 31.9 Å². The number of carbonyl (C=O) groups excluding carboxylic acids is 1. The van der Waals surface area contributed by atoms with Crippen molar-refractivity contribution in [3.8, 4) is 0 Å². The zero-order valence-corrected chi connectivity index (χ0v) is 16.8. The summed E-state index contributed by atoms with van der Waals surface area (Å²) in [5, 5.41) is 8.17. The molecule has 3 rings (SSSR count). The molecular formula is C18H15Br2N3O2. The molecule has 128 valence electrons. The van der Waals surface area contributed by atoms with Gasteiger partial charge < -0.3 is 5.32 Å². The number of hydrogen-bond donors (Lipinski definition) is 1. The number of fused-ring (bicyclic) bond motifs is 1. The molecule has 0 aliphatic rings. The molecule has 1 heterocycles. The van der Waals surface area contributed by atoms with Crippen LogP contribution in [0.2, 0.25) is 0 Å². The third-order valence-electron chi connectivity index (χ3n) is 3.71. The van der Waals surface area contributed by atoms with Crippen molar-refractivity contribution in [2.24, 2.45) is 0 Å². The summed E-state index contributed by atoms with van der Waals surface area (Å²) < 4.78 is 2.99. The van der Waals surface area contributed by atoms with E-state index in [1.54, 1.807) is 30.3 Å². The lowest BCUT2D eigenvalue weighted by atomic mass is 10.1. The van der Waals surface area contributed by atoms with E-state index in [1.807, 2.05) is 26.0 Å². The minimum atomic E-state index is -0.367. The number of carbonyl (C=O) groups is 1. The van der Waals surface area contributed by atoms with Gasteiger partial charge in [0.05, 0.1) is 17.1 Å². The van der Waals surface area contributed by atoms with Gasteiger partial charge in [0.15, 0.2) is 5.69 Å². The third kappa shape index (κ3) is 3.52. The molecule has 0 saturated heterocycles. The van der Waals surface area contributed by atoms with Crippen molar-refractivity contribution >= 4 is 54.2 Å². The highest BCUT2D eigenvalue weighted by atomic mass is 79.9. The second-order valence-corrected chi connectivity index (χ2v) is 7.59. The number of benzene rings is 2. The van der Waals surface area contributed by atoms with Crippen LogP contribution in [-0.4, -0.2) is 15.7 Å². The van der Waals surface area contributed by atoms with Crippen molar-refractivity contribution in [3.05, 3.63) is 67.5 Å². The Bertz CT molecular complexity index is 1030. The number of anilines is 1. The Hall–Kier alpha value is -1.99. The van der Waals surface area contributed by atoms with Gasteiger partial charge in [-0.3, -0.25) is 9.59 Å². The van der Waals surface area contributed by atoms with Crippen LogP contribution in [0.15, 0.2) is 56.2 Å². The summed E-state index contributed by atoms with van der Waals surface area (Å²) >= 11 is 6.81. The first-order valence-corrected chi connectivity index (χ1v) is 9.25. The molecule has 0 atom stereocenters. The molecule has 0 aliphatic carbocycles. The molecule has 0 unspecified atom stereocenters. The first kappa shape index (κ1) is 17.8. The van der Waals surface area contributed by atoms with E-state index in [0.717, 1.165) is 8.95 Å². The number of nitrogens with zero attached hydrogens (tertiary/aromatic N) is 2. The fraction of sp³-hybridized carbons (Fsp3) is 0.167. The Labute approximate surface area is 161 Å². The minimum absolute atomic E-state index is 0.150. The molecule has 2 aromatic carbocycles. The maximum Gasteiger partial charge on any atom is 0.276 e. The van der Waals surface area contributed by atoms with Crippen LogP contribution in [0.1, 0.15) is 30.4 Å². The van der Waals surface area contributed by atoms with Crippen LogP contribution in [-0.2, 0) is 0 Å². The molecule has 1 N–H and O–H groups in total. The van der Waals surface area contributed by atoms with Crippen molar-refractivity contribution in [1.82, 2.24) is 9.78 Å². The minimum Gasteiger partial charge on any atom is -0.320 e. The Morgan fingerprint density at radius 3 is 2.44 bits per heavy atom. The van der Waals surface area contributed by atoms with E-state index in [4.69, 9.17) is 0 Å². The third-order valence-corrected chi connectivity index (χ3v) is 4.86. The lowest BCUT2D eigenvalue weighted by molar-refractivity contribution is 0.102. The van der Waals surface area contributed by atoms with Gasteiger partial charge in [0, 0.05) is 14.3 Å². The van der Waals surface area contributed by atoms with Crippen LogP contribution in [0, 0.1) is 0 Å². The summed E-state index contributed by atoms with van der Waals surface area (Å²) in [5.41, 5.74) is 0.645. The molecule has 1 amide bonds. The van der Waals surface area contributed by atoms with E-state index in [9.17, 15) is 9.59 Å². The second-order valence-electron chi connectivity index (χ2n) is 5.82. The van der Waals surface area contributed by atoms with Crippen LogP contribution < -0.4 is 10.9 Å². The average molecular weight is 465 g/mol. The average Bonchev–Trinajstić information content (AvgIpc) is 2.57. The SMILES string of the molecule is CC(C)n1nc(C(=O)Nc2ccc(Br)cc2Br)c2ccccc2c1=O. The Kier molecular flexibility index (Phi) is 5.06. The summed E-state index contributed by atoms with van der Waals surface area (Å²) in [6.07, 6.45) is 0. The maximum absolute atomic E-state index is 12.8. The van der Waals surface area contributed by atoms with Gasteiger partial charge in [0.1, 0.15) is 0 Å². The summed E-state index contributed by atoms with van der Waals surface area (Å²) in [6, 6.07) is 12.3. The Morgan fingerprint density at radius 1 is 1.12 bits per heavy atom. The van der Waals surface area contributed by atoms with Gasteiger partial charge in [0.2, 0.25) is 0 Å². The normalized spacial score (nSPS) is 11.1. The highest BCUT2D eigenvalue weighted by molar-refractivity contribution is 9.11. The molecule has 3 aromatic rings. The van der Waals surface area contributed by atoms with Gasteiger partial charge in [-0.15, -0.1) is 0 Å². The van der Waals surface area contributed by atoms with Crippen LogP contribution in [0.25, 0.3) is 10.8 Å². The summed E-state index contributed by atoms with van der Waals surface area (Å²) in [5.74, 6) is -0.367. The Morgan fingerprint density at radius 2 is 1.80 bits per heavy atom. The first-order chi connectivity index (χ1) is 11.9. The van der Waals surface area contributed by atoms with E-state index >= 15 is 0 Å². The maximum atomic E-state index is 12.8. The number of nitrogens with one attached hydrogen (secondary N) is 1. The molecule has 0 aliphatic heterocycles. The number of halogens is 2.